The van der Waals surface area contributed by atoms with Crippen molar-refractivity contribution in [2.24, 2.45) is 0 Å². The van der Waals surface area contributed by atoms with Crippen LogP contribution in [0.3, 0.4) is 0 Å². The lowest BCUT2D eigenvalue weighted by Crippen LogP contribution is -2.45. The number of nitrogens with one attached hydrogen (secondary N) is 2. The van der Waals surface area contributed by atoms with Crippen molar-refractivity contribution in [2.75, 3.05) is 26.7 Å². The number of carbonyl (C=O) groups is 1. The molecule has 0 radical (unpaired) electrons. The Labute approximate surface area is 184 Å². The molecule has 2 aliphatic heterocycles. The predicted molar refractivity (Wildman–Crippen MR) is 120 cm³/mol. The summed E-state index contributed by atoms with van der Waals surface area (Å²) in [5.41, 5.74) is 4.28. The van der Waals surface area contributed by atoms with Gasteiger partial charge in [-0.05, 0) is 54.3 Å². The molecule has 0 aliphatic carbocycles. The lowest BCUT2D eigenvalue weighted by Gasteiger charge is -2.28. The number of aliphatic hydroxyl groups is 1. The highest BCUT2D eigenvalue weighted by atomic mass is 19.1. The number of aliphatic hydroxyl groups excluding tert-OH is 1. The van der Waals surface area contributed by atoms with Crippen molar-refractivity contribution in [2.45, 2.75) is 25.0 Å². The largest absolute Gasteiger partial charge is 0.496 e. The van der Waals surface area contributed by atoms with E-state index in [4.69, 9.17) is 4.74 Å². The maximum atomic E-state index is 14.0. The normalized spacial score (nSPS) is 21.1. The van der Waals surface area contributed by atoms with E-state index in [-0.39, 0.29) is 17.8 Å². The molecular weight excluding hydrogens is 411 g/mol. The number of aromatic nitrogens is 2. The molecule has 166 valence electrons. The van der Waals surface area contributed by atoms with Crippen molar-refractivity contribution in [3.05, 3.63) is 54.1 Å². The Morgan fingerprint density at radius 1 is 1.28 bits per heavy atom. The second kappa shape index (κ2) is 8.37. The molecule has 3 aromatic rings. The summed E-state index contributed by atoms with van der Waals surface area (Å²) in [6.45, 7) is 1.61. The van der Waals surface area contributed by atoms with Crippen LogP contribution in [-0.4, -0.2) is 64.8 Å². The molecule has 8 heteroatoms. The second-order valence-corrected chi connectivity index (χ2v) is 8.26. The summed E-state index contributed by atoms with van der Waals surface area (Å²) in [5.74, 6) is 0.305. The molecule has 5 rings (SSSR count). The Morgan fingerprint density at radius 2 is 2.16 bits per heavy atom. The van der Waals surface area contributed by atoms with Crippen LogP contribution in [0.25, 0.3) is 27.7 Å². The maximum Gasteiger partial charge on any atom is 0.240 e. The topological polar surface area (TPSA) is 90.5 Å². The van der Waals surface area contributed by atoms with Crippen LogP contribution in [0.4, 0.5) is 4.39 Å². The summed E-state index contributed by atoms with van der Waals surface area (Å²) in [7, 11) is 1.57. The number of hydrogen-bond acceptors (Lipinski definition) is 5. The van der Waals surface area contributed by atoms with E-state index >= 15 is 0 Å². The SMILES string of the molecule is COc1ccc(F)cc1-c1ccnc2[nH]c(C3=CCN(C(=O)[C@@H]4C[C@H](O)CN4)CC3)cc12. The van der Waals surface area contributed by atoms with Crippen LogP contribution in [0.15, 0.2) is 42.6 Å². The van der Waals surface area contributed by atoms with E-state index in [0.29, 0.717) is 49.4 Å². The Kier molecular flexibility index (Phi) is 5.40. The highest BCUT2D eigenvalue weighted by molar-refractivity contribution is 5.97. The number of fused-ring (bicyclic) bond motifs is 1. The summed E-state index contributed by atoms with van der Waals surface area (Å²) >= 11 is 0. The van der Waals surface area contributed by atoms with Crippen molar-refractivity contribution in [3.63, 3.8) is 0 Å². The van der Waals surface area contributed by atoms with Gasteiger partial charge in [0, 0.05) is 42.5 Å². The first kappa shape index (κ1) is 20.7. The minimum absolute atomic E-state index is 0.0376. The van der Waals surface area contributed by atoms with Crippen molar-refractivity contribution in [1.29, 1.82) is 0 Å². The third-order valence-electron chi connectivity index (χ3n) is 6.26. The van der Waals surface area contributed by atoms with Gasteiger partial charge in [-0.25, -0.2) is 9.37 Å². The maximum absolute atomic E-state index is 14.0. The van der Waals surface area contributed by atoms with Gasteiger partial charge >= 0.3 is 0 Å². The molecule has 0 unspecified atom stereocenters. The fraction of sp³-hybridized carbons (Fsp3) is 0.333. The summed E-state index contributed by atoms with van der Waals surface area (Å²) in [5, 5.41) is 13.6. The number of benzene rings is 1. The number of ether oxygens (including phenoxy) is 1. The summed E-state index contributed by atoms with van der Waals surface area (Å²) in [4.78, 5) is 22.3. The number of carbonyl (C=O) groups excluding carboxylic acids is 1. The number of aromatic amines is 1. The van der Waals surface area contributed by atoms with Gasteiger partial charge in [-0.1, -0.05) is 6.08 Å². The van der Waals surface area contributed by atoms with Crippen LogP contribution in [-0.2, 0) is 4.79 Å². The molecule has 2 aliphatic rings. The van der Waals surface area contributed by atoms with Gasteiger partial charge in [-0.15, -0.1) is 0 Å². The zero-order valence-electron chi connectivity index (χ0n) is 17.8. The molecule has 1 fully saturated rings. The van der Waals surface area contributed by atoms with E-state index in [9.17, 15) is 14.3 Å². The zero-order chi connectivity index (χ0) is 22.2. The second-order valence-electron chi connectivity index (χ2n) is 8.26. The molecule has 2 aromatic heterocycles. The van der Waals surface area contributed by atoms with E-state index in [0.717, 1.165) is 22.2 Å². The average molecular weight is 436 g/mol. The van der Waals surface area contributed by atoms with Crippen LogP contribution in [0.5, 0.6) is 5.75 Å². The molecule has 32 heavy (non-hydrogen) atoms. The van der Waals surface area contributed by atoms with E-state index in [2.05, 4.69) is 21.4 Å². The summed E-state index contributed by atoms with van der Waals surface area (Å²) < 4.78 is 19.4. The smallest absolute Gasteiger partial charge is 0.240 e. The Morgan fingerprint density at radius 3 is 2.88 bits per heavy atom. The molecule has 0 saturated carbocycles. The van der Waals surface area contributed by atoms with Gasteiger partial charge in [0.1, 0.15) is 17.2 Å². The van der Waals surface area contributed by atoms with Gasteiger partial charge in [0.15, 0.2) is 0 Å². The van der Waals surface area contributed by atoms with E-state index in [1.165, 1.54) is 12.1 Å². The first-order valence-corrected chi connectivity index (χ1v) is 10.7. The number of β-amino-alcohol motifs (C(OH)–C–C–N with tert-alkyl or cyclic N) is 1. The molecule has 2 atom stereocenters. The number of rotatable bonds is 4. The molecular formula is C24H25FN4O3. The average Bonchev–Trinajstić information content (AvgIpc) is 3.45. The van der Waals surface area contributed by atoms with Crippen molar-refractivity contribution in [1.82, 2.24) is 20.2 Å². The minimum Gasteiger partial charge on any atom is -0.496 e. The van der Waals surface area contributed by atoms with Crippen LogP contribution >= 0.6 is 0 Å². The molecule has 4 heterocycles. The number of H-pyrrole nitrogens is 1. The molecule has 1 saturated heterocycles. The zero-order valence-corrected chi connectivity index (χ0v) is 17.8. The molecule has 0 bridgehead atoms. The molecule has 1 aromatic carbocycles. The monoisotopic (exact) mass is 436 g/mol. The van der Waals surface area contributed by atoms with Crippen LogP contribution in [0, 0.1) is 5.82 Å². The Hall–Kier alpha value is -3.23. The molecule has 3 N–H and O–H groups in total. The predicted octanol–water partition coefficient (Wildman–Crippen LogP) is 2.72. The fourth-order valence-electron chi connectivity index (χ4n) is 4.56. The first-order chi connectivity index (χ1) is 15.5. The Balaban J connectivity index is 1.42. The van der Waals surface area contributed by atoms with Gasteiger partial charge in [0.25, 0.3) is 0 Å². The van der Waals surface area contributed by atoms with Gasteiger partial charge in [0.2, 0.25) is 5.91 Å². The molecule has 1 amide bonds. The third-order valence-corrected chi connectivity index (χ3v) is 6.26. The number of halogens is 1. The van der Waals surface area contributed by atoms with Gasteiger partial charge in [-0.3, -0.25) is 4.79 Å². The molecule has 0 spiro atoms. The first-order valence-electron chi connectivity index (χ1n) is 10.7. The highest BCUT2D eigenvalue weighted by Crippen LogP contribution is 2.36. The van der Waals surface area contributed by atoms with Crippen LogP contribution < -0.4 is 10.1 Å². The van der Waals surface area contributed by atoms with Crippen LogP contribution in [0.2, 0.25) is 0 Å². The number of methoxy groups -OCH3 is 1. The van der Waals surface area contributed by atoms with Crippen molar-refractivity contribution < 1.29 is 19.0 Å². The number of hydrogen-bond donors (Lipinski definition) is 3. The quantitative estimate of drug-likeness (QED) is 0.585. The Bertz CT molecular complexity index is 1210. The minimum atomic E-state index is -0.454. The van der Waals surface area contributed by atoms with E-state index in [1.54, 1.807) is 19.4 Å². The van der Waals surface area contributed by atoms with E-state index < -0.39 is 6.10 Å². The number of amides is 1. The number of nitrogens with zero attached hydrogens (tertiary/aromatic N) is 2. The third kappa shape index (κ3) is 3.76. The standard InChI is InChI=1S/C24H25FN4O3/c1-32-22-3-2-15(25)10-18(22)17-4-7-26-23-19(17)12-20(28-23)14-5-8-29(9-6-14)24(31)21-11-16(30)13-27-21/h2-5,7,10,12,16,21,27,30H,6,8-9,11,13H2,1H3,(H,26,28)/t16-,21-/m0/s1. The van der Waals surface area contributed by atoms with Crippen molar-refractivity contribution in [3.8, 4) is 16.9 Å². The molecule has 7 nitrogen and oxygen atoms in total. The van der Waals surface area contributed by atoms with Crippen LogP contribution in [0.1, 0.15) is 18.5 Å². The summed E-state index contributed by atoms with van der Waals surface area (Å²) in [6, 6.07) is 8.05. The number of pyridine rings is 1. The van der Waals surface area contributed by atoms with E-state index in [1.807, 2.05) is 17.0 Å². The fourth-order valence-corrected chi connectivity index (χ4v) is 4.56. The lowest BCUT2D eigenvalue weighted by atomic mass is 10.0. The highest BCUT2D eigenvalue weighted by Gasteiger charge is 2.32. The van der Waals surface area contributed by atoms with Gasteiger partial charge in [0.05, 0.1) is 19.3 Å². The van der Waals surface area contributed by atoms with Gasteiger partial charge < -0.3 is 25.0 Å². The van der Waals surface area contributed by atoms with Crippen molar-refractivity contribution >= 4 is 22.5 Å². The lowest BCUT2D eigenvalue weighted by molar-refractivity contribution is -0.132. The van der Waals surface area contributed by atoms with Gasteiger partial charge in [-0.2, -0.15) is 0 Å². The summed E-state index contributed by atoms with van der Waals surface area (Å²) in [6.07, 6.45) is 4.48.